The average Bonchev–Trinajstić information content (AvgIpc) is 2.26. The number of carbonyl (C=O) groups excluding carboxylic acids is 1. The summed E-state index contributed by atoms with van der Waals surface area (Å²) in [5.41, 5.74) is 0.307. The predicted molar refractivity (Wildman–Crippen MR) is 66.4 cm³/mol. The second-order valence-corrected chi connectivity index (χ2v) is 6.75. The fourth-order valence-corrected chi connectivity index (χ4v) is 5.23. The van der Waals surface area contributed by atoms with E-state index in [9.17, 15) is 4.79 Å². The lowest BCUT2D eigenvalue weighted by molar-refractivity contribution is -0.161. The lowest BCUT2D eigenvalue weighted by Gasteiger charge is -2.58. The predicted octanol–water partition coefficient (Wildman–Crippen LogP) is 3.40. The van der Waals surface area contributed by atoms with E-state index in [1.807, 2.05) is 6.92 Å². The van der Waals surface area contributed by atoms with Gasteiger partial charge in [0.15, 0.2) is 0 Å². The number of esters is 1. The summed E-state index contributed by atoms with van der Waals surface area (Å²) in [6.07, 6.45) is 8.19. The Kier molecular flexibility index (Phi) is 2.72. The zero-order chi connectivity index (χ0) is 12.0. The monoisotopic (exact) mass is 236 g/mol. The summed E-state index contributed by atoms with van der Waals surface area (Å²) < 4.78 is 5.25. The van der Waals surface area contributed by atoms with Crippen LogP contribution in [0.2, 0.25) is 0 Å². The Balaban J connectivity index is 1.79. The summed E-state index contributed by atoms with van der Waals surface area (Å²) >= 11 is 0. The van der Waals surface area contributed by atoms with Crippen LogP contribution in [0.25, 0.3) is 0 Å². The molecule has 96 valence electrons. The molecule has 4 aliphatic carbocycles. The number of ether oxygens (including phenoxy) is 1. The highest BCUT2D eigenvalue weighted by atomic mass is 16.5. The minimum absolute atomic E-state index is 0.0504. The van der Waals surface area contributed by atoms with Crippen molar-refractivity contribution < 1.29 is 9.53 Å². The minimum Gasteiger partial charge on any atom is -0.466 e. The van der Waals surface area contributed by atoms with Crippen molar-refractivity contribution >= 4 is 5.97 Å². The summed E-state index contributed by atoms with van der Waals surface area (Å²) in [4.78, 5) is 12.0. The average molecular weight is 236 g/mol. The molecule has 2 nitrogen and oxygen atoms in total. The molecule has 0 radical (unpaired) electrons. The van der Waals surface area contributed by atoms with Crippen LogP contribution in [0.15, 0.2) is 0 Å². The maximum absolute atomic E-state index is 12.0. The first-order valence-corrected chi connectivity index (χ1v) is 7.29. The molecule has 0 aliphatic heterocycles. The van der Waals surface area contributed by atoms with Crippen LogP contribution in [0, 0.1) is 29.1 Å². The number of rotatable bonds is 3. The van der Waals surface area contributed by atoms with E-state index in [2.05, 4.69) is 6.92 Å². The van der Waals surface area contributed by atoms with Gasteiger partial charge in [-0.25, -0.2) is 0 Å². The quantitative estimate of drug-likeness (QED) is 0.702. The highest BCUT2D eigenvalue weighted by Gasteiger charge is 2.54. The molecule has 0 saturated heterocycles. The lowest BCUT2D eigenvalue weighted by Crippen LogP contribution is -2.50. The summed E-state index contributed by atoms with van der Waals surface area (Å²) in [7, 11) is 0. The second-order valence-electron chi connectivity index (χ2n) is 6.75. The van der Waals surface area contributed by atoms with Gasteiger partial charge in [0.25, 0.3) is 0 Å². The van der Waals surface area contributed by atoms with Gasteiger partial charge in [-0.1, -0.05) is 6.92 Å². The topological polar surface area (TPSA) is 26.3 Å². The number of hydrogen-bond donors (Lipinski definition) is 0. The van der Waals surface area contributed by atoms with E-state index in [0.717, 1.165) is 17.8 Å². The minimum atomic E-state index is 0.0504. The van der Waals surface area contributed by atoms with Gasteiger partial charge in [0.05, 0.1) is 12.5 Å². The third-order valence-corrected chi connectivity index (χ3v) is 5.64. The van der Waals surface area contributed by atoms with Crippen LogP contribution < -0.4 is 0 Å². The smallest absolute Gasteiger partial charge is 0.309 e. The molecule has 0 amide bonds. The first kappa shape index (κ1) is 11.6. The molecule has 4 aliphatic rings. The van der Waals surface area contributed by atoms with Gasteiger partial charge >= 0.3 is 5.97 Å². The van der Waals surface area contributed by atoms with Crippen LogP contribution in [-0.4, -0.2) is 12.6 Å². The molecule has 0 aromatic carbocycles. The fraction of sp³-hybridized carbons (Fsp3) is 0.933. The van der Waals surface area contributed by atoms with Gasteiger partial charge in [-0.15, -0.1) is 0 Å². The van der Waals surface area contributed by atoms with Gasteiger partial charge in [0.2, 0.25) is 0 Å². The van der Waals surface area contributed by atoms with E-state index < -0.39 is 0 Å². The van der Waals surface area contributed by atoms with Crippen molar-refractivity contribution in [2.75, 3.05) is 6.61 Å². The molecule has 4 saturated carbocycles. The Morgan fingerprint density at radius 3 is 2.06 bits per heavy atom. The van der Waals surface area contributed by atoms with Crippen LogP contribution in [0.1, 0.15) is 52.4 Å². The Labute approximate surface area is 104 Å². The van der Waals surface area contributed by atoms with E-state index in [1.165, 1.54) is 38.5 Å². The lowest BCUT2D eigenvalue weighted by atomic mass is 9.46. The molecule has 0 aromatic rings. The Bertz CT molecular complexity index is 286. The van der Waals surface area contributed by atoms with Crippen molar-refractivity contribution in [1.82, 2.24) is 0 Å². The van der Waals surface area contributed by atoms with Crippen molar-refractivity contribution in [2.45, 2.75) is 52.4 Å². The molecule has 0 aromatic heterocycles. The molecule has 1 unspecified atom stereocenters. The molecule has 0 heterocycles. The van der Waals surface area contributed by atoms with Crippen LogP contribution >= 0.6 is 0 Å². The molecule has 0 spiro atoms. The maximum Gasteiger partial charge on any atom is 0.309 e. The van der Waals surface area contributed by atoms with Gasteiger partial charge in [0.1, 0.15) is 0 Å². The highest BCUT2D eigenvalue weighted by Crippen LogP contribution is 2.62. The molecule has 17 heavy (non-hydrogen) atoms. The van der Waals surface area contributed by atoms with Crippen molar-refractivity contribution in [3.05, 3.63) is 0 Å². The molecule has 4 rings (SSSR count). The SMILES string of the molecule is CCOC(=O)C(C)C12CC3CC(CC(C3)C1)C2. The maximum atomic E-state index is 12.0. The zero-order valence-corrected chi connectivity index (χ0v) is 11.1. The van der Waals surface area contributed by atoms with E-state index in [0.29, 0.717) is 12.0 Å². The Morgan fingerprint density at radius 1 is 1.18 bits per heavy atom. The van der Waals surface area contributed by atoms with E-state index in [-0.39, 0.29) is 11.9 Å². The molecule has 2 heteroatoms. The van der Waals surface area contributed by atoms with Gasteiger partial charge in [0, 0.05) is 0 Å². The third-order valence-electron chi connectivity index (χ3n) is 5.64. The van der Waals surface area contributed by atoms with Gasteiger partial charge in [-0.3, -0.25) is 4.79 Å². The summed E-state index contributed by atoms with van der Waals surface area (Å²) in [6.45, 7) is 4.55. The van der Waals surface area contributed by atoms with Crippen LogP contribution in [0.5, 0.6) is 0 Å². The van der Waals surface area contributed by atoms with Crippen molar-refractivity contribution in [3.63, 3.8) is 0 Å². The van der Waals surface area contributed by atoms with Crippen LogP contribution in [0.4, 0.5) is 0 Å². The van der Waals surface area contributed by atoms with Crippen LogP contribution in [0.3, 0.4) is 0 Å². The number of carbonyl (C=O) groups is 1. The second kappa shape index (κ2) is 4.00. The molecule has 1 atom stereocenters. The summed E-state index contributed by atoms with van der Waals surface area (Å²) in [5, 5.41) is 0. The third kappa shape index (κ3) is 1.80. The zero-order valence-electron chi connectivity index (χ0n) is 11.1. The standard InChI is InChI=1S/C15H24O2/c1-3-17-14(16)10(2)15-7-11-4-12(8-15)6-13(5-11)9-15/h10-13H,3-9H2,1-2H3. The normalized spacial score (nSPS) is 44.7. The molecule has 4 fully saturated rings. The van der Waals surface area contributed by atoms with Gasteiger partial charge < -0.3 is 4.74 Å². The highest BCUT2D eigenvalue weighted by molar-refractivity contribution is 5.73. The van der Waals surface area contributed by atoms with Crippen molar-refractivity contribution in [2.24, 2.45) is 29.1 Å². The molecular formula is C15H24O2. The Hall–Kier alpha value is -0.530. The van der Waals surface area contributed by atoms with E-state index in [4.69, 9.17) is 4.74 Å². The largest absolute Gasteiger partial charge is 0.466 e. The van der Waals surface area contributed by atoms with Crippen molar-refractivity contribution in [3.8, 4) is 0 Å². The van der Waals surface area contributed by atoms with Gasteiger partial charge in [-0.2, -0.15) is 0 Å². The van der Waals surface area contributed by atoms with Crippen LogP contribution in [-0.2, 0) is 9.53 Å². The van der Waals surface area contributed by atoms with E-state index >= 15 is 0 Å². The molecular weight excluding hydrogens is 212 g/mol. The summed E-state index contributed by atoms with van der Waals surface area (Å²) in [5.74, 6) is 2.92. The van der Waals surface area contributed by atoms with Gasteiger partial charge in [-0.05, 0) is 68.6 Å². The number of hydrogen-bond acceptors (Lipinski definition) is 2. The molecule has 0 N–H and O–H groups in total. The van der Waals surface area contributed by atoms with E-state index in [1.54, 1.807) is 0 Å². The van der Waals surface area contributed by atoms with Crippen molar-refractivity contribution in [1.29, 1.82) is 0 Å². The summed E-state index contributed by atoms with van der Waals surface area (Å²) in [6, 6.07) is 0. The first-order chi connectivity index (χ1) is 8.13. The fourth-order valence-electron chi connectivity index (χ4n) is 5.23. The first-order valence-electron chi connectivity index (χ1n) is 7.29. The molecule has 4 bridgehead atoms. The Morgan fingerprint density at radius 2 is 1.65 bits per heavy atom.